The Labute approximate surface area is 198 Å². The Balaban J connectivity index is 1.56. The summed E-state index contributed by atoms with van der Waals surface area (Å²) in [6.45, 7) is 10.1. The van der Waals surface area contributed by atoms with E-state index in [1.807, 2.05) is 23.7 Å². The number of esters is 1. The Morgan fingerprint density at radius 2 is 1.85 bits per heavy atom. The molecule has 3 aromatic rings. The van der Waals surface area contributed by atoms with Crippen molar-refractivity contribution in [2.24, 2.45) is 0 Å². The lowest BCUT2D eigenvalue weighted by Gasteiger charge is -2.41. The number of carbonyl (C=O) groups is 1. The van der Waals surface area contributed by atoms with Gasteiger partial charge in [-0.1, -0.05) is 30.3 Å². The molecule has 0 saturated carbocycles. The zero-order chi connectivity index (χ0) is 23.0. The number of hydrogen-bond donors (Lipinski definition) is 0. The largest absolute Gasteiger partial charge is 0.461 e. The van der Waals surface area contributed by atoms with Gasteiger partial charge in [0, 0.05) is 40.4 Å². The third kappa shape index (κ3) is 3.98. The van der Waals surface area contributed by atoms with Gasteiger partial charge in [0.05, 0.1) is 31.2 Å². The molecule has 6 nitrogen and oxygen atoms in total. The van der Waals surface area contributed by atoms with E-state index in [2.05, 4.69) is 55.1 Å². The van der Waals surface area contributed by atoms with E-state index in [9.17, 15) is 4.79 Å². The molecule has 0 atom stereocenters. The van der Waals surface area contributed by atoms with Gasteiger partial charge in [-0.15, -0.1) is 11.8 Å². The van der Waals surface area contributed by atoms with Crippen LogP contribution in [0.1, 0.15) is 42.4 Å². The Hall–Kier alpha value is -2.61. The first-order valence-electron chi connectivity index (χ1n) is 11.5. The number of fused-ring (bicyclic) bond motifs is 3. The van der Waals surface area contributed by atoms with Crippen molar-refractivity contribution in [3.8, 4) is 16.9 Å². The number of carbonyl (C=O) groups excluding carboxylic acids is 1. The Bertz CT molecular complexity index is 1160. The van der Waals surface area contributed by atoms with E-state index < -0.39 is 0 Å². The lowest BCUT2D eigenvalue weighted by molar-refractivity contribution is -0.0118. The normalized spacial score (nSPS) is 16.2. The minimum atomic E-state index is -0.363. The third-order valence-corrected chi connectivity index (χ3v) is 7.69. The van der Waals surface area contributed by atoms with Crippen LogP contribution in [0.2, 0.25) is 0 Å². The number of rotatable bonds is 5. The number of nitrogens with zero attached hydrogens (tertiary/aromatic N) is 3. The van der Waals surface area contributed by atoms with E-state index in [0.29, 0.717) is 18.1 Å². The van der Waals surface area contributed by atoms with Gasteiger partial charge in [-0.2, -0.15) is 5.10 Å². The average molecular weight is 464 g/mol. The van der Waals surface area contributed by atoms with Crippen molar-refractivity contribution in [2.75, 3.05) is 32.9 Å². The standard InChI is InChI=1S/C26H29N3O3S/c1-4-32-25(30)23-21-17-33-22-8-6-5-7-20(22)24(21)29(27-23)19-11-9-18(10-12-19)26(2,3)28-13-15-31-16-14-28/h5-12H,4,13-17H2,1-3H3. The van der Waals surface area contributed by atoms with E-state index >= 15 is 0 Å². The van der Waals surface area contributed by atoms with Crippen LogP contribution in [0.5, 0.6) is 0 Å². The summed E-state index contributed by atoms with van der Waals surface area (Å²) in [6, 6.07) is 16.9. The fourth-order valence-electron chi connectivity index (χ4n) is 4.67. The van der Waals surface area contributed by atoms with Crippen LogP contribution in [-0.4, -0.2) is 53.6 Å². The zero-order valence-electron chi connectivity index (χ0n) is 19.3. The van der Waals surface area contributed by atoms with Gasteiger partial charge in [-0.3, -0.25) is 4.90 Å². The van der Waals surface area contributed by atoms with E-state index in [0.717, 1.165) is 48.8 Å². The quantitative estimate of drug-likeness (QED) is 0.502. The molecule has 1 aromatic heterocycles. The molecule has 0 bridgehead atoms. The van der Waals surface area contributed by atoms with Gasteiger partial charge in [0.25, 0.3) is 0 Å². The molecule has 0 spiro atoms. The van der Waals surface area contributed by atoms with Gasteiger partial charge in [0.1, 0.15) is 0 Å². The van der Waals surface area contributed by atoms with E-state index in [-0.39, 0.29) is 11.5 Å². The molecular weight excluding hydrogens is 434 g/mol. The van der Waals surface area contributed by atoms with Gasteiger partial charge in [-0.05, 0) is 44.5 Å². The maximum Gasteiger partial charge on any atom is 0.359 e. The Kier molecular flexibility index (Phi) is 6.03. The van der Waals surface area contributed by atoms with Crippen molar-refractivity contribution in [1.29, 1.82) is 0 Å². The summed E-state index contributed by atoms with van der Waals surface area (Å²) in [6.07, 6.45) is 0. The predicted molar refractivity (Wildman–Crippen MR) is 130 cm³/mol. The molecule has 1 saturated heterocycles. The maximum absolute atomic E-state index is 12.7. The molecule has 0 aliphatic carbocycles. The summed E-state index contributed by atoms with van der Waals surface area (Å²) in [5.74, 6) is 0.334. The highest BCUT2D eigenvalue weighted by Crippen LogP contribution is 2.43. The molecule has 0 unspecified atom stereocenters. The van der Waals surface area contributed by atoms with Crippen LogP contribution >= 0.6 is 11.8 Å². The molecule has 1 fully saturated rings. The lowest BCUT2D eigenvalue weighted by Crippen LogP contribution is -2.47. The monoisotopic (exact) mass is 463 g/mol. The Morgan fingerprint density at radius 1 is 1.12 bits per heavy atom. The molecule has 172 valence electrons. The number of thioether (sulfide) groups is 1. The number of morpholine rings is 1. The van der Waals surface area contributed by atoms with E-state index in [1.165, 1.54) is 10.5 Å². The van der Waals surface area contributed by atoms with Gasteiger partial charge < -0.3 is 9.47 Å². The van der Waals surface area contributed by atoms with Gasteiger partial charge >= 0.3 is 5.97 Å². The fraction of sp³-hybridized carbons (Fsp3) is 0.385. The van der Waals surface area contributed by atoms with Crippen molar-refractivity contribution >= 4 is 17.7 Å². The van der Waals surface area contributed by atoms with Crippen LogP contribution < -0.4 is 0 Å². The number of benzene rings is 2. The van der Waals surface area contributed by atoms with E-state index in [4.69, 9.17) is 14.6 Å². The average Bonchev–Trinajstić information content (AvgIpc) is 3.25. The first-order valence-corrected chi connectivity index (χ1v) is 12.4. The predicted octanol–water partition coefficient (Wildman–Crippen LogP) is 4.89. The highest BCUT2D eigenvalue weighted by Gasteiger charge is 2.32. The summed E-state index contributed by atoms with van der Waals surface area (Å²) in [4.78, 5) is 16.4. The lowest BCUT2D eigenvalue weighted by atomic mass is 9.91. The second-order valence-electron chi connectivity index (χ2n) is 8.80. The van der Waals surface area contributed by atoms with Crippen LogP contribution in [0, 0.1) is 0 Å². The minimum Gasteiger partial charge on any atom is -0.461 e. The SMILES string of the molecule is CCOC(=O)c1nn(-c2ccc(C(C)(C)N3CCOCC3)cc2)c2c1CSc1ccccc1-2. The van der Waals surface area contributed by atoms with Crippen molar-refractivity contribution in [3.05, 3.63) is 65.4 Å². The fourth-order valence-corrected chi connectivity index (χ4v) is 5.74. The molecule has 5 rings (SSSR count). The van der Waals surface area contributed by atoms with Crippen LogP contribution in [0.25, 0.3) is 16.9 Å². The second kappa shape index (κ2) is 8.97. The summed E-state index contributed by atoms with van der Waals surface area (Å²) in [7, 11) is 0. The molecule has 0 N–H and O–H groups in total. The van der Waals surface area contributed by atoms with Gasteiger partial charge in [0.15, 0.2) is 5.69 Å². The summed E-state index contributed by atoms with van der Waals surface area (Å²) in [5.41, 5.74) is 5.52. The molecule has 33 heavy (non-hydrogen) atoms. The second-order valence-corrected chi connectivity index (χ2v) is 9.82. The molecule has 7 heteroatoms. The van der Waals surface area contributed by atoms with Crippen LogP contribution in [-0.2, 0) is 20.8 Å². The van der Waals surface area contributed by atoms with Crippen molar-refractivity contribution < 1.29 is 14.3 Å². The first-order chi connectivity index (χ1) is 16.0. The summed E-state index contributed by atoms with van der Waals surface area (Å²) in [5, 5.41) is 4.76. The number of ether oxygens (including phenoxy) is 2. The minimum absolute atomic E-state index is 0.0921. The van der Waals surface area contributed by atoms with E-state index in [1.54, 1.807) is 11.8 Å². The molecule has 3 heterocycles. The topological polar surface area (TPSA) is 56.6 Å². The zero-order valence-corrected chi connectivity index (χ0v) is 20.2. The molecule has 0 radical (unpaired) electrons. The summed E-state index contributed by atoms with van der Waals surface area (Å²) >= 11 is 1.73. The molecule has 2 aliphatic rings. The van der Waals surface area contributed by atoms with Gasteiger partial charge in [-0.25, -0.2) is 9.48 Å². The Morgan fingerprint density at radius 3 is 2.58 bits per heavy atom. The van der Waals surface area contributed by atoms with Crippen molar-refractivity contribution in [1.82, 2.24) is 14.7 Å². The maximum atomic E-state index is 12.7. The highest BCUT2D eigenvalue weighted by molar-refractivity contribution is 7.98. The smallest absolute Gasteiger partial charge is 0.359 e. The third-order valence-electron chi connectivity index (χ3n) is 6.59. The number of aromatic nitrogens is 2. The number of hydrogen-bond acceptors (Lipinski definition) is 6. The van der Waals surface area contributed by atoms with Gasteiger partial charge in [0.2, 0.25) is 0 Å². The molecule has 0 amide bonds. The van der Waals surface area contributed by atoms with Crippen molar-refractivity contribution in [3.63, 3.8) is 0 Å². The first kappa shape index (κ1) is 22.2. The molecule has 2 aliphatic heterocycles. The van der Waals surface area contributed by atoms with Crippen LogP contribution in [0.4, 0.5) is 0 Å². The molecular formula is C26H29N3O3S. The molecule has 2 aromatic carbocycles. The van der Waals surface area contributed by atoms with Crippen LogP contribution in [0.3, 0.4) is 0 Å². The van der Waals surface area contributed by atoms with Crippen LogP contribution in [0.15, 0.2) is 53.4 Å². The summed E-state index contributed by atoms with van der Waals surface area (Å²) < 4.78 is 12.8. The highest BCUT2D eigenvalue weighted by atomic mass is 32.2. The van der Waals surface area contributed by atoms with Crippen molar-refractivity contribution in [2.45, 2.75) is 37.0 Å².